The first-order valence-corrected chi connectivity index (χ1v) is 10.4. The van der Waals surface area contributed by atoms with Crippen LogP contribution < -0.4 is 4.31 Å². The third-order valence-electron chi connectivity index (χ3n) is 4.28. The van der Waals surface area contributed by atoms with Crippen molar-refractivity contribution in [1.82, 2.24) is 0 Å². The van der Waals surface area contributed by atoms with Crippen molar-refractivity contribution < 1.29 is 13.2 Å². The Balaban J connectivity index is 2.03. The van der Waals surface area contributed by atoms with Crippen LogP contribution in [0.1, 0.15) is 18.1 Å². The van der Waals surface area contributed by atoms with Crippen LogP contribution >= 0.6 is 0 Å². The lowest BCUT2D eigenvalue weighted by Crippen LogP contribution is -2.35. The van der Waals surface area contributed by atoms with E-state index in [2.05, 4.69) is 0 Å². The van der Waals surface area contributed by atoms with Gasteiger partial charge in [-0.05, 0) is 47.9 Å². The van der Waals surface area contributed by atoms with Gasteiger partial charge in [-0.3, -0.25) is 4.79 Å². The minimum Gasteiger partial charge on any atom is -0.268 e. The molecule has 5 heteroatoms. The van der Waals surface area contributed by atoms with E-state index in [4.69, 9.17) is 0 Å². The van der Waals surface area contributed by atoms with Gasteiger partial charge >= 0.3 is 0 Å². The topological polar surface area (TPSA) is 54.5 Å². The zero-order valence-corrected chi connectivity index (χ0v) is 16.3. The molecule has 0 spiro atoms. The summed E-state index contributed by atoms with van der Waals surface area (Å²) in [5.41, 5.74) is 2.19. The zero-order valence-electron chi connectivity index (χ0n) is 15.5. The molecule has 0 aromatic heterocycles. The molecule has 0 heterocycles. The molecule has 0 aliphatic carbocycles. The molecule has 142 valence electrons. The van der Waals surface area contributed by atoms with Crippen LogP contribution in [0.2, 0.25) is 0 Å². The normalized spacial score (nSPS) is 11.5. The van der Waals surface area contributed by atoms with E-state index in [-0.39, 0.29) is 4.90 Å². The summed E-state index contributed by atoms with van der Waals surface area (Å²) < 4.78 is 27.3. The fourth-order valence-corrected chi connectivity index (χ4v) is 4.16. The first-order chi connectivity index (χ1) is 13.5. The molecule has 4 nitrogen and oxygen atoms in total. The number of benzene rings is 3. The average Bonchev–Trinajstić information content (AvgIpc) is 2.74. The molecule has 3 aromatic carbocycles. The highest BCUT2D eigenvalue weighted by Gasteiger charge is 2.29. The summed E-state index contributed by atoms with van der Waals surface area (Å²) in [6.07, 6.45) is 3.72. The monoisotopic (exact) mass is 391 g/mol. The predicted molar refractivity (Wildman–Crippen MR) is 112 cm³/mol. The van der Waals surface area contributed by atoms with Crippen molar-refractivity contribution in [3.63, 3.8) is 0 Å². The maximum absolute atomic E-state index is 13.2. The molecule has 0 aliphatic heterocycles. The van der Waals surface area contributed by atoms with Crippen molar-refractivity contribution in [3.8, 4) is 0 Å². The molecule has 0 bridgehead atoms. The third-order valence-corrected chi connectivity index (χ3v) is 6.02. The van der Waals surface area contributed by atoms with Crippen LogP contribution in [-0.4, -0.2) is 14.3 Å². The van der Waals surface area contributed by atoms with E-state index in [9.17, 15) is 13.2 Å². The number of carbonyl (C=O) groups is 1. The molecule has 0 radical (unpaired) electrons. The maximum Gasteiger partial charge on any atom is 0.271 e. The van der Waals surface area contributed by atoms with Crippen molar-refractivity contribution in [1.29, 1.82) is 0 Å². The average molecular weight is 391 g/mol. The summed E-state index contributed by atoms with van der Waals surface area (Å²) in [5, 5.41) is 0. The second kappa shape index (κ2) is 8.67. The van der Waals surface area contributed by atoms with Gasteiger partial charge in [-0.2, -0.15) is 4.31 Å². The Kier molecular flexibility index (Phi) is 6.06. The van der Waals surface area contributed by atoms with E-state index >= 15 is 0 Å². The van der Waals surface area contributed by atoms with Crippen molar-refractivity contribution in [3.05, 3.63) is 102 Å². The van der Waals surface area contributed by atoms with Gasteiger partial charge in [-0.15, -0.1) is 0 Å². The van der Waals surface area contributed by atoms with E-state index < -0.39 is 15.9 Å². The quantitative estimate of drug-likeness (QED) is 0.573. The standard InChI is InChI=1S/C23H21NO3S/c1-2-19-13-16-21(17-14-19)24(28(26,27)22-11-7-4-8-12-22)23(25)18-15-20-9-5-3-6-10-20/h3-18H,2H2,1H3/b18-15+. The smallest absolute Gasteiger partial charge is 0.268 e. The molecule has 0 fully saturated rings. The molecule has 0 saturated carbocycles. The summed E-state index contributed by atoms with van der Waals surface area (Å²) in [6, 6.07) is 24.2. The van der Waals surface area contributed by atoms with Crippen molar-refractivity contribution in [2.75, 3.05) is 4.31 Å². The summed E-state index contributed by atoms with van der Waals surface area (Å²) >= 11 is 0. The number of hydrogen-bond donors (Lipinski definition) is 0. The molecule has 0 N–H and O–H groups in total. The summed E-state index contributed by atoms with van der Waals surface area (Å²) in [7, 11) is -4.04. The minimum absolute atomic E-state index is 0.0658. The number of sulfonamides is 1. The number of aryl methyl sites for hydroxylation is 1. The molecule has 3 rings (SSSR count). The number of rotatable bonds is 6. The van der Waals surface area contributed by atoms with Crippen LogP contribution in [0, 0.1) is 0 Å². The Hall–Kier alpha value is -3.18. The Labute approximate surface area is 165 Å². The first-order valence-electron chi connectivity index (χ1n) is 8.99. The first kappa shape index (κ1) is 19.6. The van der Waals surface area contributed by atoms with Crippen LogP contribution in [0.5, 0.6) is 0 Å². The Morgan fingerprint density at radius 3 is 2.00 bits per heavy atom. The van der Waals surface area contributed by atoms with Crippen LogP contribution in [-0.2, 0) is 21.2 Å². The molecule has 0 unspecified atom stereocenters. The number of nitrogens with zero attached hydrogens (tertiary/aromatic N) is 1. The fraction of sp³-hybridized carbons (Fsp3) is 0.0870. The van der Waals surface area contributed by atoms with E-state index in [0.717, 1.165) is 21.9 Å². The van der Waals surface area contributed by atoms with Gasteiger partial charge in [-0.1, -0.05) is 67.6 Å². The fourth-order valence-electron chi connectivity index (χ4n) is 2.75. The van der Waals surface area contributed by atoms with Crippen LogP contribution in [0.3, 0.4) is 0 Å². The lowest BCUT2D eigenvalue weighted by molar-refractivity contribution is -0.113. The van der Waals surface area contributed by atoms with Crippen molar-refractivity contribution in [2.24, 2.45) is 0 Å². The van der Waals surface area contributed by atoms with Gasteiger partial charge < -0.3 is 0 Å². The summed E-state index contributed by atoms with van der Waals surface area (Å²) in [6.45, 7) is 2.02. The van der Waals surface area contributed by atoms with Gasteiger partial charge in [0.2, 0.25) is 0 Å². The van der Waals surface area contributed by atoms with Crippen molar-refractivity contribution in [2.45, 2.75) is 18.2 Å². The highest BCUT2D eigenvalue weighted by molar-refractivity contribution is 7.93. The van der Waals surface area contributed by atoms with Gasteiger partial charge in [0.15, 0.2) is 0 Å². The van der Waals surface area contributed by atoms with Gasteiger partial charge in [0.05, 0.1) is 10.6 Å². The highest BCUT2D eigenvalue weighted by Crippen LogP contribution is 2.25. The molecule has 3 aromatic rings. The molecule has 0 atom stereocenters. The third kappa shape index (κ3) is 4.38. The molecule has 0 aliphatic rings. The van der Waals surface area contributed by atoms with Crippen molar-refractivity contribution >= 4 is 27.7 Å². The second-order valence-corrected chi connectivity index (χ2v) is 7.97. The Morgan fingerprint density at radius 1 is 0.857 bits per heavy atom. The summed E-state index contributed by atoms with van der Waals surface area (Å²) in [5.74, 6) is -0.628. The lowest BCUT2D eigenvalue weighted by Gasteiger charge is -2.21. The van der Waals surface area contributed by atoms with Crippen LogP contribution in [0.4, 0.5) is 5.69 Å². The van der Waals surface area contributed by atoms with Gasteiger partial charge in [0, 0.05) is 6.08 Å². The number of hydrogen-bond acceptors (Lipinski definition) is 3. The molecule has 1 amide bonds. The Bertz CT molecular complexity index is 1060. The molecular weight excluding hydrogens is 370 g/mol. The van der Waals surface area contributed by atoms with Gasteiger partial charge in [0.25, 0.3) is 15.9 Å². The zero-order chi connectivity index (χ0) is 20.0. The number of carbonyl (C=O) groups excluding carboxylic acids is 1. The van der Waals surface area contributed by atoms with E-state index in [1.54, 1.807) is 36.4 Å². The highest BCUT2D eigenvalue weighted by atomic mass is 32.2. The largest absolute Gasteiger partial charge is 0.271 e. The van der Waals surface area contributed by atoms with Crippen LogP contribution in [0.15, 0.2) is 95.9 Å². The Morgan fingerprint density at radius 2 is 1.43 bits per heavy atom. The predicted octanol–water partition coefficient (Wildman–Crippen LogP) is 4.68. The van der Waals surface area contributed by atoms with Crippen LogP contribution in [0.25, 0.3) is 6.08 Å². The SMILES string of the molecule is CCc1ccc(N(C(=O)/C=C/c2ccccc2)S(=O)(=O)c2ccccc2)cc1. The number of anilines is 1. The maximum atomic E-state index is 13.2. The summed E-state index contributed by atoms with van der Waals surface area (Å²) in [4.78, 5) is 13.0. The van der Waals surface area contributed by atoms with E-state index in [1.807, 2.05) is 49.4 Å². The molecule has 28 heavy (non-hydrogen) atoms. The molecular formula is C23H21NO3S. The van der Waals surface area contributed by atoms with E-state index in [1.165, 1.54) is 18.2 Å². The second-order valence-electron chi connectivity index (χ2n) is 6.18. The van der Waals surface area contributed by atoms with E-state index in [0.29, 0.717) is 5.69 Å². The number of amides is 1. The lowest BCUT2D eigenvalue weighted by atomic mass is 10.1. The molecule has 0 saturated heterocycles. The minimum atomic E-state index is -4.04. The van der Waals surface area contributed by atoms with Gasteiger partial charge in [-0.25, -0.2) is 8.42 Å². The van der Waals surface area contributed by atoms with Gasteiger partial charge in [0.1, 0.15) is 0 Å².